The van der Waals surface area contributed by atoms with E-state index in [4.69, 9.17) is 22.1 Å². The van der Waals surface area contributed by atoms with E-state index in [9.17, 15) is 0 Å². The molecule has 0 radical (unpaired) electrons. The monoisotopic (exact) mass is 254 g/mol. The predicted molar refractivity (Wildman–Crippen MR) is 71.8 cm³/mol. The average molecular weight is 255 g/mol. The van der Waals surface area contributed by atoms with Crippen LogP contribution in [0.2, 0.25) is 5.02 Å². The van der Waals surface area contributed by atoms with E-state index in [1.165, 1.54) is 5.56 Å². The molecule has 1 aliphatic heterocycles. The van der Waals surface area contributed by atoms with E-state index in [-0.39, 0.29) is 6.04 Å². The molecule has 94 valence electrons. The van der Waals surface area contributed by atoms with Gasteiger partial charge in [-0.05, 0) is 25.0 Å². The van der Waals surface area contributed by atoms with Crippen LogP contribution in [0.25, 0.3) is 0 Å². The van der Waals surface area contributed by atoms with Gasteiger partial charge >= 0.3 is 0 Å². The van der Waals surface area contributed by atoms with Gasteiger partial charge in [0, 0.05) is 19.1 Å². The van der Waals surface area contributed by atoms with Crippen molar-refractivity contribution in [3.8, 4) is 0 Å². The second-order valence-electron chi connectivity index (χ2n) is 4.53. The summed E-state index contributed by atoms with van der Waals surface area (Å²) in [6.07, 6.45) is 0.854. The number of nitrogens with two attached hydrogens (primary N) is 1. The first kappa shape index (κ1) is 12.7. The Morgan fingerprint density at radius 3 is 2.76 bits per heavy atom. The molecule has 2 rings (SSSR count). The maximum absolute atomic E-state index is 6.32. The summed E-state index contributed by atoms with van der Waals surface area (Å²) in [5.74, 6) is 0. The topological polar surface area (TPSA) is 38.5 Å². The molecular formula is C13H19ClN2O. The van der Waals surface area contributed by atoms with E-state index in [1.807, 2.05) is 19.1 Å². The van der Waals surface area contributed by atoms with Gasteiger partial charge in [0.05, 0.1) is 23.9 Å². The number of benzene rings is 1. The van der Waals surface area contributed by atoms with Crippen molar-refractivity contribution in [3.63, 3.8) is 0 Å². The van der Waals surface area contributed by atoms with Gasteiger partial charge in [-0.15, -0.1) is 0 Å². The second kappa shape index (κ2) is 5.71. The highest BCUT2D eigenvalue weighted by atomic mass is 35.5. The van der Waals surface area contributed by atoms with Crippen LogP contribution < -0.4 is 10.6 Å². The molecule has 0 spiro atoms. The molecule has 17 heavy (non-hydrogen) atoms. The van der Waals surface area contributed by atoms with Crippen LogP contribution in [0.1, 0.15) is 12.5 Å². The Balaban J connectivity index is 2.28. The molecule has 1 fully saturated rings. The molecule has 3 nitrogen and oxygen atoms in total. The standard InChI is InChI=1S/C13H19ClN2O/c1-10(15)9-11-3-2-4-12(14)13(11)16-5-7-17-8-6-16/h2-4,10H,5-9,15H2,1H3. The fourth-order valence-electron chi connectivity index (χ4n) is 2.21. The number of hydrogen-bond acceptors (Lipinski definition) is 3. The maximum Gasteiger partial charge on any atom is 0.0642 e. The first-order chi connectivity index (χ1) is 8.18. The van der Waals surface area contributed by atoms with Gasteiger partial charge in [-0.25, -0.2) is 0 Å². The van der Waals surface area contributed by atoms with E-state index < -0.39 is 0 Å². The zero-order valence-electron chi connectivity index (χ0n) is 10.2. The predicted octanol–water partition coefficient (Wildman–Crippen LogP) is 2.07. The summed E-state index contributed by atoms with van der Waals surface area (Å²) in [4.78, 5) is 2.30. The molecule has 1 saturated heterocycles. The van der Waals surface area contributed by atoms with Crippen molar-refractivity contribution < 1.29 is 4.74 Å². The lowest BCUT2D eigenvalue weighted by atomic mass is 10.0. The van der Waals surface area contributed by atoms with E-state index in [1.54, 1.807) is 0 Å². The summed E-state index contributed by atoms with van der Waals surface area (Å²) in [5.41, 5.74) is 8.25. The average Bonchev–Trinajstić information content (AvgIpc) is 2.29. The van der Waals surface area contributed by atoms with Crippen LogP contribution >= 0.6 is 11.6 Å². The van der Waals surface area contributed by atoms with Crippen LogP contribution in [-0.2, 0) is 11.2 Å². The highest BCUT2D eigenvalue weighted by Crippen LogP contribution is 2.31. The number of nitrogens with zero attached hydrogens (tertiary/aromatic N) is 1. The molecule has 2 N–H and O–H groups in total. The molecule has 4 heteroatoms. The molecule has 1 aromatic carbocycles. The summed E-state index contributed by atoms with van der Waals surface area (Å²) in [6, 6.07) is 6.19. The van der Waals surface area contributed by atoms with Crippen molar-refractivity contribution in [2.24, 2.45) is 5.73 Å². The van der Waals surface area contributed by atoms with Crippen molar-refractivity contribution in [2.45, 2.75) is 19.4 Å². The molecule has 0 amide bonds. The molecule has 1 atom stereocenters. The molecular weight excluding hydrogens is 236 g/mol. The summed E-state index contributed by atoms with van der Waals surface area (Å²) < 4.78 is 5.37. The van der Waals surface area contributed by atoms with Gasteiger partial charge in [-0.1, -0.05) is 23.7 Å². The van der Waals surface area contributed by atoms with Gasteiger partial charge in [0.25, 0.3) is 0 Å². The minimum atomic E-state index is 0.147. The quantitative estimate of drug-likeness (QED) is 0.898. The Bertz CT molecular complexity index is 376. The minimum absolute atomic E-state index is 0.147. The van der Waals surface area contributed by atoms with Crippen LogP contribution in [0.5, 0.6) is 0 Å². The number of rotatable bonds is 3. The maximum atomic E-state index is 6.32. The first-order valence-electron chi connectivity index (χ1n) is 6.04. The van der Waals surface area contributed by atoms with Crippen LogP contribution in [-0.4, -0.2) is 32.3 Å². The fraction of sp³-hybridized carbons (Fsp3) is 0.538. The van der Waals surface area contributed by atoms with Crippen molar-refractivity contribution in [1.29, 1.82) is 0 Å². The van der Waals surface area contributed by atoms with Crippen molar-refractivity contribution in [2.75, 3.05) is 31.2 Å². The van der Waals surface area contributed by atoms with Gasteiger partial charge in [-0.2, -0.15) is 0 Å². The van der Waals surface area contributed by atoms with E-state index in [0.717, 1.165) is 43.4 Å². The zero-order valence-corrected chi connectivity index (χ0v) is 10.9. The second-order valence-corrected chi connectivity index (χ2v) is 4.94. The number of anilines is 1. The normalized spacial score (nSPS) is 18.2. The van der Waals surface area contributed by atoms with Gasteiger partial charge in [0.1, 0.15) is 0 Å². The molecule has 0 bridgehead atoms. The van der Waals surface area contributed by atoms with Crippen LogP contribution in [0.4, 0.5) is 5.69 Å². The molecule has 0 aromatic heterocycles. The van der Waals surface area contributed by atoms with Crippen molar-refractivity contribution in [3.05, 3.63) is 28.8 Å². The highest BCUT2D eigenvalue weighted by molar-refractivity contribution is 6.33. The van der Waals surface area contributed by atoms with Crippen LogP contribution in [0.3, 0.4) is 0 Å². The molecule has 1 heterocycles. The third-order valence-corrected chi connectivity index (χ3v) is 3.24. The molecule has 1 aliphatic rings. The number of morpholine rings is 1. The lowest BCUT2D eigenvalue weighted by molar-refractivity contribution is 0.122. The molecule has 0 saturated carbocycles. The largest absolute Gasteiger partial charge is 0.378 e. The number of halogens is 1. The van der Waals surface area contributed by atoms with Gasteiger partial charge in [0.15, 0.2) is 0 Å². The van der Waals surface area contributed by atoms with Crippen molar-refractivity contribution >= 4 is 17.3 Å². The first-order valence-corrected chi connectivity index (χ1v) is 6.42. The summed E-state index contributed by atoms with van der Waals surface area (Å²) in [7, 11) is 0. The lowest BCUT2D eigenvalue weighted by Gasteiger charge is -2.31. The van der Waals surface area contributed by atoms with Crippen LogP contribution in [0.15, 0.2) is 18.2 Å². The molecule has 1 aromatic rings. The zero-order chi connectivity index (χ0) is 12.3. The van der Waals surface area contributed by atoms with Gasteiger partial charge in [-0.3, -0.25) is 0 Å². The lowest BCUT2D eigenvalue weighted by Crippen LogP contribution is -2.37. The van der Waals surface area contributed by atoms with E-state index in [0.29, 0.717) is 0 Å². The third-order valence-electron chi connectivity index (χ3n) is 2.94. The van der Waals surface area contributed by atoms with Crippen molar-refractivity contribution in [1.82, 2.24) is 0 Å². The molecule has 1 unspecified atom stereocenters. The Morgan fingerprint density at radius 1 is 1.41 bits per heavy atom. The van der Waals surface area contributed by atoms with Gasteiger partial charge in [0.2, 0.25) is 0 Å². The number of para-hydroxylation sites is 1. The SMILES string of the molecule is CC(N)Cc1cccc(Cl)c1N1CCOCC1. The van der Waals surface area contributed by atoms with E-state index >= 15 is 0 Å². The molecule has 0 aliphatic carbocycles. The fourth-order valence-corrected chi connectivity index (χ4v) is 2.53. The Hall–Kier alpha value is -0.770. The Labute approximate surface area is 107 Å². The van der Waals surface area contributed by atoms with Crippen LogP contribution in [0, 0.1) is 0 Å². The highest BCUT2D eigenvalue weighted by Gasteiger charge is 2.18. The minimum Gasteiger partial charge on any atom is -0.378 e. The summed E-state index contributed by atoms with van der Waals surface area (Å²) in [6.45, 7) is 5.35. The Morgan fingerprint density at radius 2 is 2.12 bits per heavy atom. The van der Waals surface area contributed by atoms with Gasteiger partial charge < -0.3 is 15.4 Å². The third kappa shape index (κ3) is 3.12. The Kier molecular flexibility index (Phi) is 4.26. The summed E-state index contributed by atoms with van der Waals surface area (Å²) in [5, 5.41) is 0.810. The number of hydrogen-bond donors (Lipinski definition) is 1. The van der Waals surface area contributed by atoms with E-state index in [2.05, 4.69) is 11.0 Å². The number of ether oxygens (including phenoxy) is 1. The smallest absolute Gasteiger partial charge is 0.0642 e. The summed E-state index contributed by atoms with van der Waals surface area (Å²) >= 11 is 6.32.